The zero-order chi connectivity index (χ0) is 10.7. The quantitative estimate of drug-likeness (QED) is 0.718. The van der Waals surface area contributed by atoms with Gasteiger partial charge in [0.25, 0.3) is 0 Å². The van der Waals surface area contributed by atoms with E-state index in [0.29, 0.717) is 17.7 Å². The summed E-state index contributed by atoms with van der Waals surface area (Å²) in [6.45, 7) is 10.7. The number of Topliss-reactive ketones (excluding diaryl/α,β-unsaturated/α-hetero) is 1. The smallest absolute Gasteiger partial charge is 0.138 e. The summed E-state index contributed by atoms with van der Waals surface area (Å²) in [6.07, 6.45) is 2.13. The molecule has 0 amide bonds. The van der Waals surface area contributed by atoms with Crippen molar-refractivity contribution in [1.82, 2.24) is 4.90 Å². The highest BCUT2D eigenvalue weighted by Gasteiger charge is 2.26. The van der Waals surface area contributed by atoms with Crippen molar-refractivity contribution in [2.45, 2.75) is 54.0 Å². The average Bonchev–Trinajstić information content (AvgIpc) is 2.16. The Labute approximate surface area is 95.0 Å². The first kappa shape index (κ1) is 14.6. The summed E-state index contributed by atoms with van der Waals surface area (Å²) in [7, 11) is 0. The van der Waals surface area contributed by atoms with E-state index in [9.17, 15) is 4.79 Å². The number of hydrogen-bond acceptors (Lipinski definition) is 2. The molecule has 90 valence electrons. The van der Waals surface area contributed by atoms with Gasteiger partial charge in [0.2, 0.25) is 0 Å². The Balaban J connectivity index is 0.00000196. The summed E-state index contributed by atoms with van der Waals surface area (Å²) in [5, 5.41) is 0. The first-order chi connectivity index (χ1) is 6.52. The molecule has 1 aliphatic heterocycles. The normalized spacial score (nSPS) is 19.3. The van der Waals surface area contributed by atoms with E-state index in [1.165, 1.54) is 0 Å². The van der Waals surface area contributed by atoms with Crippen molar-refractivity contribution < 1.29 is 4.79 Å². The van der Waals surface area contributed by atoms with Gasteiger partial charge in [-0.1, -0.05) is 21.3 Å². The van der Waals surface area contributed by atoms with Crippen molar-refractivity contribution in [1.29, 1.82) is 0 Å². The van der Waals surface area contributed by atoms with Crippen LogP contribution in [0.15, 0.2) is 0 Å². The molecule has 0 radical (unpaired) electrons. The largest absolute Gasteiger partial charge is 0.301 e. The highest BCUT2D eigenvalue weighted by molar-refractivity contribution is 5.82. The fourth-order valence-electron chi connectivity index (χ4n) is 2.17. The summed E-state index contributed by atoms with van der Waals surface area (Å²) in [6, 6.07) is 0.630. The molecule has 1 rings (SSSR count). The van der Waals surface area contributed by atoms with E-state index >= 15 is 0 Å². The van der Waals surface area contributed by atoms with E-state index in [-0.39, 0.29) is 13.3 Å². The van der Waals surface area contributed by atoms with E-state index in [0.717, 1.165) is 25.9 Å². The van der Waals surface area contributed by atoms with Crippen LogP contribution in [0.25, 0.3) is 0 Å². The van der Waals surface area contributed by atoms with Gasteiger partial charge >= 0.3 is 0 Å². The van der Waals surface area contributed by atoms with Gasteiger partial charge in [0, 0.05) is 17.9 Å². The summed E-state index contributed by atoms with van der Waals surface area (Å²) in [4.78, 5) is 14.2. The van der Waals surface area contributed by atoms with E-state index in [4.69, 9.17) is 0 Å². The van der Waals surface area contributed by atoms with Gasteiger partial charge in [0.1, 0.15) is 5.78 Å². The van der Waals surface area contributed by atoms with Crippen molar-refractivity contribution in [3.63, 3.8) is 0 Å². The number of hydrogen-bond donors (Lipinski definition) is 0. The number of carbonyl (C=O) groups is 1. The Hall–Kier alpha value is -0.370. The number of likely N-dealkylation sites (tertiary alicyclic amines) is 1. The summed E-state index contributed by atoms with van der Waals surface area (Å²) in [5.41, 5.74) is 0. The first-order valence-electron chi connectivity index (χ1n) is 5.80. The Kier molecular flexibility index (Phi) is 6.11. The van der Waals surface area contributed by atoms with Crippen molar-refractivity contribution in [3.8, 4) is 0 Å². The summed E-state index contributed by atoms with van der Waals surface area (Å²) < 4.78 is 0. The Morgan fingerprint density at radius 1 is 1.13 bits per heavy atom. The molecular formula is C13H27NO. The molecule has 0 N–H and O–H groups in total. The van der Waals surface area contributed by atoms with Gasteiger partial charge in [-0.05, 0) is 39.8 Å². The molecule has 0 unspecified atom stereocenters. The maximum Gasteiger partial charge on any atom is 0.138 e. The van der Waals surface area contributed by atoms with Crippen molar-refractivity contribution in [3.05, 3.63) is 0 Å². The number of piperidine rings is 1. The van der Waals surface area contributed by atoms with Crippen molar-refractivity contribution >= 4 is 5.78 Å². The van der Waals surface area contributed by atoms with Gasteiger partial charge in [-0.2, -0.15) is 0 Å². The Morgan fingerprint density at radius 2 is 1.60 bits per heavy atom. The first-order valence-corrected chi connectivity index (χ1v) is 5.80. The van der Waals surface area contributed by atoms with Crippen LogP contribution in [0.4, 0.5) is 0 Å². The predicted molar refractivity (Wildman–Crippen MR) is 66.0 cm³/mol. The number of carbonyl (C=O) groups excluding carboxylic acids is 1. The molecule has 0 aromatic rings. The molecule has 1 heterocycles. The van der Waals surface area contributed by atoms with Crippen LogP contribution >= 0.6 is 0 Å². The molecule has 0 saturated carbocycles. The minimum atomic E-state index is 0. The number of ketones is 1. The maximum absolute atomic E-state index is 11.8. The van der Waals surface area contributed by atoms with Crippen LogP contribution < -0.4 is 0 Å². The third-order valence-corrected chi connectivity index (χ3v) is 3.23. The Morgan fingerprint density at radius 3 is 1.93 bits per heavy atom. The fraction of sp³-hybridized carbons (Fsp3) is 0.923. The number of nitrogens with zero attached hydrogens (tertiary/aromatic N) is 1. The van der Waals surface area contributed by atoms with Crippen LogP contribution in [-0.2, 0) is 4.79 Å². The summed E-state index contributed by atoms with van der Waals surface area (Å²) in [5.74, 6) is 1.02. The van der Waals surface area contributed by atoms with Crippen LogP contribution in [0.3, 0.4) is 0 Å². The lowest BCUT2D eigenvalue weighted by molar-refractivity contribution is -0.127. The molecule has 0 atom stereocenters. The lowest BCUT2D eigenvalue weighted by Crippen LogP contribution is -2.40. The molecule has 0 aromatic carbocycles. The lowest BCUT2D eigenvalue weighted by atomic mass is 9.87. The predicted octanol–water partition coefficient (Wildman–Crippen LogP) is 2.97. The molecule has 1 fully saturated rings. The molecule has 0 aliphatic carbocycles. The van der Waals surface area contributed by atoms with Gasteiger partial charge < -0.3 is 4.90 Å². The molecule has 15 heavy (non-hydrogen) atoms. The van der Waals surface area contributed by atoms with Gasteiger partial charge in [-0.15, -0.1) is 0 Å². The molecule has 0 bridgehead atoms. The average molecular weight is 213 g/mol. The molecule has 0 aromatic heterocycles. The minimum absolute atomic E-state index is 0. The second-order valence-electron chi connectivity index (χ2n) is 4.96. The third-order valence-electron chi connectivity index (χ3n) is 3.23. The highest BCUT2D eigenvalue weighted by atomic mass is 16.1. The molecule has 1 aliphatic rings. The summed E-state index contributed by atoms with van der Waals surface area (Å²) >= 11 is 0. The van der Waals surface area contributed by atoms with E-state index in [2.05, 4.69) is 18.7 Å². The lowest BCUT2D eigenvalue weighted by Gasteiger charge is -2.34. The standard InChI is InChI=1S/C12H23NO.CH4/c1-9(2)12(14)11-5-7-13(8-6-11)10(3)4;/h9-11H,5-8H2,1-4H3;1H4. The molecule has 1 saturated heterocycles. The SMILES string of the molecule is C.CC(C)C(=O)C1CCN(C(C)C)CC1. The second-order valence-corrected chi connectivity index (χ2v) is 4.96. The van der Waals surface area contributed by atoms with Crippen LogP contribution in [0.2, 0.25) is 0 Å². The molecule has 2 nitrogen and oxygen atoms in total. The van der Waals surface area contributed by atoms with Gasteiger partial charge in [0.05, 0.1) is 0 Å². The van der Waals surface area contributed by atoms with Crippen molar-refractivity contribution in [2.75, 3.05) is 13.1 Å². The van der Waals surface area contributed by atoms with E-state index in [1.54, 1.807) is 0 Å². The van der Waals surface area contributed by atoms with Crippen molar-refractivity contribution in [2.24, 2.45) is 11.8 Å². The second kappa shape index (κ2) is 6.26. The number of rotatable bonds is 3. The van der Waals surface area contributed by atoms with Gasteiger partial charge in [-0.25, -0.2) is 0 Å². The third kappa shape index (κ3) is 3.94. The van der Waals surface area contributed by atoms with Gasteiger partial charge in [-0.3, -0.25) is 4.79 Å². The maximum atomic E-state index is 11.8. The molecule has 0 spiro atoms. The van der Waals surface area contributed by atoms with Crippen LogP contribution in [0.5, 0.6) is 0 Å². The zero-order valence-corrected chi connectivity index (χ0v) is 9.92. The van der Waals surface area contributed by atoms with Crippen LogP contribution in [0.1, 0.15) is 48.0 Å². The molecule has 2 heteroatoms. The van der Waals surface area contributed by atoms with E-state index < -0.39 is 0 Å². The zero-order valence-electron chi connectivity index (χ0n) is 9.92. The van der Waals surface area contributed by atoms with E-state index in [1.807, 2.05) is 13.8 Å². The van der Waals surface area contributed by atoms with Gasteiger partial charge in [0.15, 0.2) is 0 Å². The minimum Gasteiger partial charge on any atom is -0.301 e. The topological polar surface area (TPSA) is 20.3 Å². The fourth-order valence-corrected chi connectivity index (χ4v) is 2.17. The van der Waals surface area contributed by atoms with Crippen LogP contribution in [0, 0.1) is 11.8 Å². The van der Waals surface area contributed by atoms with Crippen LogP contribution in [-0.4, -0.2) is 29.8 Å². The highest BCUT2D eigenvalue weighted by Crippen LogP contribution is 2.22. The Bertz CT molecular complexity index is 191. The molecular weight excluding hydrogens is 186 g/mol. The monoisotopic (exact) mass is 213 g/mol.